The second-order valence-electron chi connectivity index (χ2n) is 5.16. The van der Waals surface area contributed by atoms with Crippen LogP contribution in [0, 0.1) is 6.92 Å². The molecule has 4 heteroatoms. The summed E-state index contributed by atoms with van der Waals surface area (Å²) in [6.07, 6.45) is 0. The second-order valence-corrected chi connectivity index (χ2v) is 5.57. The zero-order valence-electron chi connectivity index (χ0n) is 10.6. The van der Waals surface area contributed by atoms with Gasteiger partial charge in [0.1, 0.15) is 0 Å². The van der Waals surface area contributed by atoms with E-state index in [1.807, 2.05) is 37.8 Å². The van der Waals surface area contributed by atoms with Crippen LogP contribution in [0.25, 0.3) is 0 Å². The zero-order valence-corrected chi connectivity index (χ0v) is 11.4. The van der Waals surface area contributed by atoms with Gasteiger partial charge < -0.3 is 10.2 Å². The van der Waals surface area contributed by atoms with E-state index in [1.165, 1.54) is 0 Å². The molecule has 0 bridgehead atoms. The van der Waals surface area contributed by atoms with E-state index in [0.717, 1.165) is 16.9 Å². The average Bonchev–Trinajstić information content (AvgIpc) is 2.13. The quantitative estimate of drug-likeness (QED) is 0.769. The largest absolute Gasteiger partial charge is 0.380 e. The van der Waals surface area contributed by atoms with Crippen LogP contribution in [0.4, 0.5) is 11.4 Å². The maximum atomic E-state index is 11.9. The van der Waals surface area contributed by atoms with Crippen LogP contribution >= 0.6 is 11.6 Å². The zero-order chi connectivity index (χ0) is 12.8. The van der Waals surface area contributed by atoms with Crippen LogP contribution in [-0.4, -0.2) is 18.0 Å². The van der Waals surface area contributed by atoms with Gasteiger partial charge in [-0.2, -0.15) is 0 Å². The number of nitrogens with one attached hydrogen (secondary N) is 1. The van der Waals surface area contributed by atoms with Crippen molar-refractivity contribution in [3.05, 3.63) is 22.7 Å². The fourth-order valence-electron chi connectivity index (χ4n) is 2.38. The van der Waals surface area contributed by atoms with Gasteiger partial charge in [-0.05, 0) is 38.5 Å². The summed E-state index contributed by atoms with van der Waals surface area (Å²) in [5.41, 5.74) is 2.54. The Balaban J connectivity index is 2.64. The van der Waals surface area contributed by atoms with E-state index in [-0.39, 0.29) is 11.4 Å². The number of carbonyl (C=O) groups excluding carboxylic acids is 1. The van der Waals surface area contributed by atoms with Crippen molar-refractivity contribution in [2.45, 2.75) is 33.2 Å². The summed E-state index contributed by atoms with van der Waals surface area (Å²) < 4.78 is 0. The first-order valence-electron chi connectivity index (χ1n) is 5.68. The third-order valence-corrected chi connectivity index (χ3v) is 3.37. The number of anilines is 2. The summed E-state index contributed by atoms with van der Waals surface area (Å²) in [6.45, 7) is 8.35. The maximum absolute atomic E-state index is 11.9. The molecule has 0 saturated heterocycles. The highest BCUT2D eigenvalue weighted by molar-refractivity contribution is 6.34. The number of halogens is 1. The molecule has 0 radical (unpaired) electrons. The molecule has 0 aliphatic carbocycles. The monoisotopic (exact) mass is 252 g/mol. The molecular formula is C13H17ClN2O. The van der Waals surface area contributed by atoms with Gasteiger partial charge in [0.25, 0.3) is 0 Å². The molecule has 1 aromatic rings. The van der Waals surface area contributed by atoms with Gasteiger partial charge in [0.2, 0.25) is 5.91 Å². The van der Waals surface area contributed by atoms with Crippen LogP contribution in [0.5, 0.6) is 0 Å². The van der Waals surface area contributed by atoms with E-state index in [4.69, 9.17) is 11.6 Å². The summed E-state index contributed by atoms with van der Waals surface area (Å²) in [5, 5.41) is 3.98. The number of nitrogens with zero attached hydrogens (tertiary/aromatic N) is 1. The first-order valence-corrected chi connectivity index (χ1v) is 6.05. The summed E-state index contributed by atoms with van der Waals surface area (Å²) in [7, 11) is 0. The van der Waals surface area contributed by atoms with Crippen LogP contribution in [0.1, 0.15) is 26.3 Å². The molecule has 0 aromatic heterocycles. The minimum atomic E-state index is -0.240. The Morgan fingerprint density at radius 3 is 2.71 bits per heavy atom. The van der Waals surface area contributed by atoms with Crippen molar-refractivity contribution >= 4 is 28.9 Å². The highest BCUT2D eigenvalue weighted by atomic mass is 35.5. The number of benzene rings is 1. The molecule has 1 heterocycles. The molecule has 0 fully saturated rings. The molecule has 2 rings (SSSR count). The van der Waals surface area contributed by atoms with E-state index in [0.29, 0.717) is 11.6 Å². The Morgan fingerprint density at radius 2 is 2.12 bits per heavy atom. The van der Waals surface area contributed by atoms with Crippen molar-refractivity contribution in [1.29, 1.82) is 0 Å². The topological polar surface area (TPSA) is 32.3 Å². The highest BCUT2D eigenvalue weighted by Crippen LogP contribution is 2.41. The summed E-state index contributed by atoms with van der Waals surface area (Å²) in [5.74, 6) is 0.0411. The Kier molecular flexibility index (Phi) is 2.82. The molecule has 1 aliphatic rings. The predicted molar refractivity (Wildman–Crippen MR) is 71.9 cm³/mol. The molecule has 0 saturated carbocycles. The molecule has 1 aliphatic heterocycles. The van der Waals surface area contributed by atoms with Gasteiger partial charge in [-0.3, -0.25) is 4.79 Å². The van der Waals surface area contributed by atoms with Crippen LogP contribution in [0.3, 0.4) is 0 Å². The number of fused-ring (bicyclic) bond motifs is 1. The fourth-order valence-corrected chi connectivity index (χ4v) is 2.72. The molecule has 3 nitrogen and oxygen atoms in total. The number of hydrogen-bond donors (Lipinski definition) is 1. The Morgan fingerprint density at radius 1 is 1.47 bits per heavy atom. The van der Waals surface area contributed by atoms with Crippen LogP contribution in [-0.2, 0) is 4.79 Å². The molecule has 0 atom stereocenters. The first kappa shape index (κ1) is 12.2. The highest BCUT2D eigenvalue weighted by Gasteiger charge is 2.36. The normalized spacial score (nSPS) is 17.4. The minimum Gasteiger partial charge on any atom is -0.380 e. The van der Waals surface area contributed by atoms with E-state index < -0.39 is 0 Å². The lowest BCUT2D eigenvalue weighted by atomic mass is 9.96. The standard InChI is InChI=1S/C13H17ClN2O/c1-8-5-10(14)12-11(6-8)16(9(2)17)13(3,4)7-15-12/h5-6,15H,7H2,1-4H3. The van der Waals surface area contributed by atoms with Gasteiger partial charge in [-0.1, -0.05) is 11.6 Å². The molecule has 1 amide bonds. The van der Waals surface area contributed by atoms with E-state index in [1.54, 1.807) is 6.92 Å². The molecule has 0 unspecified atom stereocenters. The van der Waals surface area contributed by atoms with Gasteiger partial charge >= 0.3 is 0 Å². The first-order chi connectivity index (χ1) is 7.83. The van der Waals surface area contributed by atoms with E-state index >= 15 is 0 Å². The summed E-state index contributed by atoms with van der Waals surface area (Å²) in [6, 6.07) is 3.90. The van der Waals surface area contributed by atoms with E-state index in [2.05, 4.69) is 5.32 Å². The number of hydrogen-bond acceptors (Lipinski definition) is 2. The second kappa shape index (κ2) is 3.91. The number of amides is 1. The van der Waals surface area contributed by atoms with Gasteiger partial charge in [-0.25, -0.2) is 0 Å². The molecule has 17 heavy (non-hydrogen) atoms. The van der Waals surface area contributed by atoms with Gasteiger partial charge in [0.15, 0.2) is 0 Å². The van der Waals surface area contributed by atoms with Crippen molar-refractivity contribution in [3.63, 3.8) is 0 Å². The third-order valence-electron chi connectivity index (χ3n) is 3.07. The average molecular weight is 253 g/mol. The van der Waals surface area contributed by atoms with Gasteiger partial charge in [0.05, 0.1) is 21.9 Å². The van der Waals surface area contributed by atoms with Crippen molar-refractivity contribution in [2.75, 3.05) is 16.8 Å². The van der Waals surface area contributed by atoms with Crippen molar-refractivity contribution in [1.82, 2.24) is 0 Å². The number of rotatable bonds is 0. The van der Waals surface area contributed by atoms with Crippen molar-refractivity contribution < 1.29 is 4.79 Å². The number of aryl methyl sites for hydroxylation is 1. The lowest BCUT2D eigenvalue weighted by Gasteiger charge is -2.43. The minimum absolute atomic E-state index is 0.0411. The smallest absolute Gasteiger partial charge is 0.224 e. The molecule has 1 N–H and O–H groups in total. The van der Waals surface area contributed by atoms with Crippen molar-refractivity contribution in [2.24, 2.45) is 0 Å². The van der Waals surface area contributed by atoms with Crippen LogP contribution in [0.15, 0.2) is 12.1 Å². The van der Waals surface area contributed by atoms with Crippen molar-refractivity contribution in [3.8, 4) is 0 Å². The molecule has 92 valence electrons. The van der Waals surface area contributed by atoms with Crippen LogP contribution in [0.2, 0.25) is 5.02 Å². The fraction of sp³-hybridized carbons (Fsp3) is 0.462. The lowest BCUT2D eigenvalue weighted by Crippen LogP contribution is -2.54. The Labute approximate surface area is 107 Å². The summed E-state index contributed by atoms with van der Waals surface area (Å²) >= 11 is 6.21. The third kappa shape index (κ3) is 2.00. The Bertz CT molecular complexity index is 483. The summed E-state index contributed by atoms with van der Waals surface area (Å²) in [4.78, 5) is 13.7. The van der Waals surface area contributed by atoms with Gasteiger partial charge in [-0.15, -0.1) is 0 Å². The molecule has 1 aromatic carbocycles. The van der Waals surface area contributed by atoms with Crippen LogP contribution < -0.4 is 10.2 Å². The maximum Gasteiger partial charge on any atom is 0.224 e. The van der Waals surface area contributed by atoms with E-state index in [9.17, 15) is 4.79 Å². The van der Waals surface area contributed by atoms with Gasteiger partial charge in [0, 0.05) is 13.5 Å². The number of carbonyl (C=O) groups is 1. The predicted octanol–water partition coefficient (Wildman–Crippen LogP) is 3.21. The SMILES string of the molecule is CC(=O)N1c2cc(C)cc(Cl)c2NCC1(C)C. The lowest BCUT2D eigenvalue weighted by molar-refractivity contribution is -0.117. The molecule has 0 spiro atoms. The Hall–Kier alpha value is -1.22. The molecular weight excluding hydrogens is 236 g/mol.